The first-order valence-electron chi connectivity index (χ1n) is 10.5. The van der Waals surface area contributed by atoms with Gasteiger partial charge in [-0.1, -0.05) is 36.4 Å². The van der Waals surface area contributed by atoms with Crippen LogP contribution in [0.25, 0.3) is 11.1 Å². The van der Waals surface area contributed by atoms with E-state index in [0.717, 1.165) is 33.4 Å². The lowest BCUT2D eigenvalue weighted by molar-refractivity contribution is 0.389. The van der Waals surface area contributed by atoms with Gasteiger partial charge in [0.15, 0.2) is 0 Å². The first-order chi connectivity index (χ1) is 16.6. The van der Waals surface area contributed by atoms with Crippen molar-refractivity contribution in [3.05, 3.63) is 92.3 Å². The number of nitrogens with zero attached hydrogens (tertiary/aromatic N) is 4. The zero-order valence-corrected chi connectivity index (χ0v) is 18.4. The highest BCUT2D eigenvalue weighted by Gasteiger charge is 2.46. The van der Waals surface area contributed by atoms with Gasteiger partial charge in [0.05, 0.1) is 14.2 Å². The number of methoxy groups -OCH3 is 2. The Morgan fingerprint density at radius 1 is 0.588 bits per heavy atom. The molecule has 0 saturated heterocycles. The maximum atomic E-state index is 9.73. The summed E-state index contributed by atoms with van der Waals surface area (Å²) in [4.78, 5) is 0. The first-order valence-corrected chi connectivity index (χ1v) is 10.5. The molecule has 0 saturated carbocycles. The van der Waals surface area contributed by atoms with Crippen molar-refractivity contribution in [3.63, 3.8) is 0 Å². The Bertz CT molecular complexity index is 1530. The van der Waals surface area contributed by atoms with E-state index in [1.165, 1.54) is 0 Å². The number of hydrogen-bond donors (Lipinski definition) is 0. The third kappa shape index (κ3) is 2.58. The molecule has 0 aliphatic heterocycles. The molecule has 0 radical (unpaired) electrons. The monoisotopic (exact) mass is 440 g/mol. The van der Waals surface area contributed by atoms with Crippen LogP contribution in [0.15, 0.2) is 48.5 Å². The van der Waals surface area contributed by atoms with Gasteiger partial charge < -0.3 is 9.47 Å². The van der Waals surface area contributed by atoms with E-state index >= 15 is 0 Å². The smallest absolute Gasteiger partial charge is 0.137 e. The van der Waals surface area contributed by atoms with E-state index in [0.29, 0.717) is 21.9 Å². The molecule has 160 valence electrons. The highest BCUT2D eigenvalue weighted by Crippen LogP contribution is 2.58. The lowest BCUT2D eigenvalue weighted by atomic mass is 9.59. The molecule has 3 aromatic rings. The van der Waals surface area contributed by atoms with Gasteiger partial charge in [-0.2, -0.15) is 21.0 Å². The van der Waals surface area contributed by atoms with Crippen LogP contribution in [0.1, 0.15) is 45.2 Å². The normalized spacial score (nSPS) is 15.8. The molecule has 2 atom stereocenters. The molecule has 2 bridgehead atoms. The molecule has 0 unspecified atom stereocenters. The molecule has 6 nitrogen and oxygen atoms in total. The van der Waals surface area contributed by atoms with Crippen molar-refractivity contribution in [3.8, 4) is 35.8 Å². The van der Waals surface area contributed by atoms with Crippen molar-refractivity contribution in [1.82, 2.24) is 0 Å². The first kappa shape index (κ1) is 20.8. The second-order valence-corrected chi connectivity index (χ2v) is 7.98. The number of rotatable bonds is 2. The van der Waals surface area contributed by atoms with Crippen LogP contribution < -0.4 is 19.9 Å². The van der Waals surface area contributed by atoms with E-state index in [2.05, 4.69) is 0 Å². The van der Waals surface area contributed by atoms with E-state index in [1.807, 2.05) is 60.7 Å². The zero-order chi connectivity index (χ0) is 24.0. The molecule has 0 spiro atoms. The number of hydrogen-bond acceptors (Lipinski definition) is 6. The summed E-state index contributed by atoms with van der Waals surface area (Å²) in [5.41, 5.74) is 5.33. The summed E-state index contributed by atoms with van der Waals surface area (Å²) < 4.78 is 11.5. The van der Waals surface area contributed by atoms with Crippen LogP contribution in [0.4, 0.5) is 0 Å². The van der Waals surface area contributed by atoms with E-state index in [-0.39, 0.29) is 23.0 Å². The fourth-order valence-electron chi connectivity index (χ4n) is 5.48. The maximum Gasteiger partial charge on any atom is 0.137 e. The van der Waals surface area contributed by atoms with Gasteiger partial charge in [0.1, 0.15) is 46.9 Å². The molecule has 34 heavy (non-hydrogen) atoms. The number of benzene rings is 3. The standard InChI is InChI=1S/C28H16N4O2/c1-33-21-9-10-22(34-2)28-26-20-6-4-3-5-19(20)25(27(21)28)23-17(15(11-29)12-30)7-8-18(24(23)26)16(13-31)14-32/h3-10,25-26H,1-2H3/t25-,26-/m0/s1. The van der Waals surface area contributed by atoms with E-state index in [9.17, 15) is 21.0 Å². The van der Waals surface area contributed by atoms with E-state index in [1.54, 1.807) is 26.4 Å². The fraction of sp³-hybridized carbons (Fsp3) is 0.143. The second kappa shape index (κ2) is 7.83. The summed E-state index contributed by atoms with van der Waals surface area (Å²) in [6, 6.07) is 23.1. The van der Waals surface area contributed by atoms with Crippen LogP contribution in [0.5, 0.6) is 11.5 Å². The van der Waals surface area contributed by atoms with Crippen LogP contribution in [-0.4, -0.2) is 14.2 Å². The fourth-order valence-corrected chi connectivity index (χ4v) is 5.48. The average Bonchev–Trinajstić information content (AvgIpc) is 2.89. The second-order valence-electron chi connectivity index (χ2n) is 7.98. The molecule has 3 aliphatic rings. The van der Waals surface area contributed by atoms with Crippen LogP contribution in [-0.2, 0) is 0 Å². The summed E-state index contributed by atoms with van der Waals surface area (Å²) in [6.07, 6.45) is 0. The summed E-state index contributed by atoms with van der Waals surface area (Å²) >= 11 is 0. The van der Waals surface area contributed by atoms with Gasteiger partial charge in [0, 0.05) is 33.4 Å². The van der Waals surface area contributed by atoms with Gasteiger partial charge in [-0.15, -0.1) is 0 Å². The predicted octanol–water partition coefficient (Wildman–Crippen LogP) is 3.09. The molecule has 6 heteroatoms. The van der Waals surface area contributed by atoms with Crippen molar-refractivity contribution >= 4 is 11.1 Å². The molecule has 3 aliphatic carbocycles. The van der Waals surface area contributed by atoms with Crippen molar-refractivity contribution < 1.29 is 9.47 Å². The van der Waals surface area contributed by atoms with Crippen LogP contribution in [0.3, 0.4) is 0 Å². The molecule has 0 N–H and O–H groups in total. The lowest BCUT2D eigenvalue weighted by Crippen LogP contribution is -2.38. The summed E-state index contributed by atoms with van der Waals surface area (Å²) in [6.45, 7) is 0. The third-order valence-corrected chi connectivity index (χ3v) is 6.69. The van der Waals surface area contributed by atoms with Crippen LogP contribution in [0.2, 0.25) is 0 Å². The van der Waals surface area contributed by atoms with Crippen molar-refractivity contribution in [2.45, 2.75) is 11.8 Å². The highest BCUT2D eigenvalue weighted by atomic mass is 16.5. The molecule has 0 fully saturated rings. The largest absolute Gasteiger partial charge is 0.496 e. The molecular weight excluding hydrogens is 424 g/mol. The molecule has 6 rings (SSSR count). The van der Waals surface area contributed by atoms with E-state index in [4.69, 9.17) is 9.47 Å². The third-order valence-electron chi connectivity index (χ3n) is 6.69. The Kier molecular flexibility index (Phi) is 4.80. The molecular formula is C28H16N4O2. The lowest BCUT2D eigenvalue weighted by Gasteiger charge is -2.43. The Morgan fingerprint density at radius 3 is 1.29 bits per heavy atom. The van der Waals surface area contributed by atoms with Gasteiger partial charge in [0.2, 0.25) is 0 Å². The average molecular weight is 440 g/mol. The zero-order valence-electron chi connectivity index (χ0n) is 18.4. The van der Waals surface area contributed by atoms with Crippen molar-refractivity contribution in [2.75, 3.05) is 14.2 Å². The number of ether oxygens (including phenoxy) is 2. The van der Waals surface area contributed by atoms with Gasteiger partial charge in [-0.05, 0) is 34.4 Å². The van der Waals surface area contributed by atoms with Gasteiger partial charge >= 0.3 is 0 Å². The summed E-state index contributed by atoms with van der Waals surface area (Å²) in [5.74, 6) is 0.591. The Labute approximate surface area is 196 Å². The Balaban J connectivity index is 2.11. The van der Waals surface area contributed by atoms with Gasteiger partial charge in [-0.25, -0.2) is 0 Å². The predicted molar refractivity (Wildman–Crippen MR) is 123 cm³/mol. The topological polar surface area (TPSA) is 114 Å². The maximum absolute atomic E-state index is 9.73. The molecule has 3 aromatic carbocycles. The van der Waals surface area contributed by atoms with Crippen LogP contribution >= 0.6 is 0 Å². The van der Waals surface area contributed by atoms with Crippen LogP contribution in [0, 0.1) is 45.3 Å². The minimum absolute atomic E-state index is 0.0216. The van der Waals surface area contributed by atoms with Gasteiger partial charge in [-0.3, -0.25) is 0 Å². The SMILES string of the molecule is COc1ccc(OC)c2c1[C@H]1c3ccccc3[C@H]2c2c1c(=C(C#N)C#N)ccc2=C(C#N)C#N. The Hall–Kier alpha value is -5.04. The molecule has 0 aromatic heterocycles. The highest BCUT2D eigenvalue weighted by molar-refractivity contribution is 5.81. The minimum Gasteiger partial charge on any atom is -0.496 e. The van der Waals surface area contributed by atoms with Crippen molar-refractivity contribution in [2.24, 2.45) is 0 Å². The number of nitriles is 4. The summed E-state index contributed by atoms with van der Waals surface area (Å²) in [5, 5.41) is 39.9. The summed E-state index contributed by atoms with van der Waals surface area (Å²) in [7, 11) is 3.21. The van der Waals surface area contributed by atoms with Gasteiger partial charge in [0.25, 0.3) is 0 Å². The molecule has 0 amide bonds. The minimum atomic E-state index is -0.374. The van der Waals surface area contributed by atoms with Crippen molar-refractivity contribution in [1.29, 1.82) is 21.0 Å². The quantitative estimate of drug-likeness (QED) is 0.417. The Morgan fingerprint density at radius 2 is 0.971 bits per heavy atom. The van der Waals surface area contributed by atoms with E-state index < -0.39 is 0 Å². The molecule has 0 heterocycles.